The standard InChI is InChI=1S/C24H44N2O/c1-2-3-4-5-6-7-8-9-10-11-12-13-14-15-16-17-19-24-25-20-22-26(24)21-18-23-27/h9-10,18,23,27H,2-8,11-17,19-22H2,1H3. The molecule has 0 aliphatic carbocycles. The number of unbranched alkanes of at least 4 members (excludes halogenated alkanes) is 12. The number of aliphatic imine (C=N–C) groups is 1. The first-order valence-corrected chi connectivity index (χ1v) is 11.6. The van der Waals surface area contributed by atoms with Crippen LogP contribution in [0.4, 0.5) is 0 Å². The van der Waals surface area contributed by atoms with Crippen molar-refractivity contribution in [2.45, 2.75) is 103 Å². The molecular weight excluding hydrogens is 332 g/mol. The predicted octanol–water partition coefficient (Wildman–Crippen LogP) is 7.20. The van der Waals surface area contributed by atoms with Crippen molar-refractivity contribution in [3.05, 3.63) is 24.5 Å². The maximum absolute atomic E-state index is 8.79. The number of hydrogen-bond acceptors (Lipinski definition) is 3. The maximum atomic E-state index is 8.79. The third kappa shape index (κ3) is 13.5. The largest absolute Gasteiger partial charge is 0.516 e. The van der Waals surface area contributed by atoms with E-state index in [1.807, 2.05) is 0 Å². The highest BCUT2D eigenvalue weighted by Crippen LogP contribution is 2.13. The van der Waals surface area contributed by atoms with Crippen LogP contribution >= 0.6 is 0 Å². The predicted molar refractivity (Wildman–Crippen MR) is 120 cm³/mol. The molecule has 27 heavy (non-hydrogen) atoms. The minimum absolute atomic E-state index is 0.793. The quantitative estimate of drug-likeness (QED) is 0.156. The topological polar surface area (TPSA) is 35.8 Å². The van der Waals surface area contributed by atoms with Crippen molar-refractivity contribution in [2.75, 3.05) is 19.6 Å². The molecule has 0 atom stereocenters. The van der Waals surface area contributed by atoms with E-state index in [-0.39, 0.29) is 0 Å². The molecule has 3 nitrogen and oxygen atoms in total. The molecule has 1 aliphatic rings. The zero-order chi connectivity index (χ0) is 19.4. The van der Waals surface area contributed by atoms with Gasteiger partial charge >= 0.3 is 0 Å². The van der Waals surface area contributed by atoms with Crippen LogP contribution in [0, 0.1) is 0 Å². The van der Waals surface area contributed by atoms with Crippen LogP contribution in [-0.4, -0.2) is 35.5 Å². The molecule has 0 aromatic heterocycles. The molecule has 0 aromatic carbocycles. The van der Waals surface area contributed by atoms with Gasteiger partial charge in [0.05, 0.1) is 18.6 Å². The Hall–Kier alpha value is -1.25. The van der Waals surface area contributed by atoms with Crippen molar-refractivity contribution in [1.82, 2.24) is 4.90 Å². The van der Waals surface area contributed by atoms with E-state index in [1.165, 1.54) is 95.7 Å². The summed E-state index contributed by atoms with van der Waals surface area (Å²) in [5, 5.41) is 8.79. The van der Waals surface area contributed by atoms with E-state index in [0.29, 0.717) is 0 Å². The van der Waals surface area contributed by atoms with Gasteiger partial charge in [-0.2, -0.15) is 0 Å². The molecule has 1 aliphatic heterocycles. The van der Waals surface area contributed by atoms with Crippen molar-refractivity contribution < 1.29 is 5.11 Å². The Bertz CT molecular complexity index is 415. The van der Waals surface area contributed by atoms with Gasteiger partial charge in [0.15, 0.2) is 0 Å². The molecule has 1 N–H and O–H groups in total. The van der Waals surface area contributed by atoms with Crippen molar-refractivity contribution in [3.63, 3.8) is 0 Å². The Labute approximate surface area is 168 Å². The van der Waals surface area contributed by atoms with Crippen molar-refractivity contribution in [3.8, 4) is 0 Å². The average molecular weight is 377 g/mol. The number of aliphatic hydroxyl groups excluding tert-OH is 1. The Morgan fingerprint density at radius 2 is 1.41 bits per heavy atom. The van der Waals surface area contributed by atoms with E-state index < -0.39 is 0 Å². The molecule has 0 radical (unpaired) electrons. The second-order valence-corrected chi connectivity index (χ2v) is 7.82. The highest BCUT2D eigenvalue weighted by Gasteiger charge is 2.14. The third-order valence-electron chi connectivity index (χ3n) is 5.37. The molecule has 1 rings (SSSR count). The molecule has 0 aromatic rings. The number of aliphatic hydroxyl groups is 1. The minimum atomic E-state index is 0.793. The van der Waals surface area contributed by atoms with Crippen LogP contribution < -0.4 is 0 Å². The molecule has 0 amide bonds. The van der Waals surface area contributed by atoms with Crippen LogP contribution in [0.5, 0.6) is 0 Å². The van der Waals surface area contributed by atoms with E-state index in [9.17, 15) is 0 Å². The Morgan fingerprint density at radius 3 is 2.04 bits per heavy atom. The SMILES string of the molecule is CCCCCCCCC=CCCCCCCCCC1=NCCN1CC=CO. The smallest absolute Gasteiger partial charge is 0.0993 e. The third-order valence-corrected chi connectivity index (χ3v) is 5.37. The molecule has 0 saturated carbocycles. The van der Waals surface area contributed by atoms with Crippen LogP contribution in [0.2, 0.25) is 0 Å². The van der Waals surface area contributed by atoms with Gasteiger partial charge in [0.1, 0.15) is 0 Å². The van der Waals surface area contributed by atoms with E-state index in [4.69, 9.17) is 5.11 Å². The number of amidine groups is 1. The summed E-state index contributed by atoms with van der Waals surface area (Å²) in [6.07, 6.45) is 27.8. The molecule has 156 valence electrons. The highest BCUT2D eigenvalue weighted by atomic mass is 16.2. The van der Waals surface area contributed by atoms with Crippen LogP contribution in [0.3, 0.4) is 0 Å². The van der Waals surface area contributed by atoms with Crippen LogP contribution in [0.25, 0.3) is 0 Å². The summed E-state index contributed by atoms with van der Waals surface area (Å²) in [6.45, 7) is 5.00. The van der Waals surface area contributed by atoms with Gasteiger partial charge in [-0.05, 0) is 38.2 Å². The molecule has 0 spiro atoms. The maximum Gasteiger partial charge on any atom is 0.0993 e. The second kappa shape index (κ2) is 18.1. The van der Waals surface area contributed by atoms with E-state index in [1.54, 1.807) is 6.08 Å². The number of nitrogens with zero attached hydrogens (tertiary/aromatic N) is 2. The van der Waals surface area contributed by atoms with E-state index >= 15 is 0 Å². The summed E-state index contributed by atoms with van der Waals surface area (Å²) < 4.78 is 0. The van der Waals surface area contributed by atoms with Crippen LogP contribution in [-0.2, 0) is 0 Å². The van der Waals surface area contributed by atoms with Crippen molar-refractivity contribution in [2.24, 2.45) is 4.99 Å². The molecule has 0 fully saturated rings. The molecular formula is C24H44N2O. The van der Waals surface area contributed by atoms with Gasteiger partial charge in [-0.1, -0.05) is 76.9 Å². The Morgan fingerprint density at radius 1 is 0.815 bits per heavy atom. The summed E-state index contributed by atoms with van der Waals surface area (Å²) in [6, 6.07) is 0. The Balaban J connectivity index is 1.83. The average Bonchev–Trinajstić information content (AvgIpc) is 3.13. The second-order valence-electron chi connectivity index (χ2n) is 7.82. The lowest BCUT2D eigenvalue weighted by atomic mass is 10.1. The first-order chi connectivity index (χ1) is 13.4. The molecule has 1 heterocycles. The van der Waals surface area contributed by atoms with E-state index in [0.717, 1.165) is 32.3 Å². The first-order valence-electron chi connectivity index (χ1n) is 11.6. The van der Waals surface area contributed by atoms with Crippen molar-refractivity contribution in [1.29, 1.82) is 0 Å². The van der Waals surface area contributed by atoms with Gasteiger partial charge in [-0.15, -0.1) is 0 Å². The molecule has 0 unspecified atom stereocenters. The van der Waals surface area contributed by atoms with Gasteiger partial charge in [-0.3, -0.25) is 4.99 Å². The molecule has 3 heteroatoms. The van der Waals surface area contributed by atoms with Gasteiger partial charge in [0.25, 0.3) is 0 Å². The number of hydrogen-bond donors (Lipinski definition) is 1. The van der Waals surface area contributed by atoms with Gasteiger partial charge in [-0.25, -0.2) is 0 Å². The summed E-state index contributed by atoms with van der Waals surface area (Å²) in [5.41, 5.74) is 0. The van der Waals surface area contributed by atoms with Gasteiger partial charge in [0.2, 0.25) is 0 Å². The van der Waals surface area contributed by atoms with Crippen LogP contribution in [0.1, 0.15) is 103 Å². The lowest BCUT2D eigenvalue weighted by Crippen LogP contribution is -2.27. The monoisotopic (exact) mass is 376 g/mol. The lowest BCUT2D eigenvalue weighted by molar-refractivity contribution is 0.453. The van der Waals surface area contributed by atoms with E-state index in [2.05, 4.69) is 29.0 Å². The fraction of sp³-hybridized carbons (Fsp3) is 0.792. The summed E-state index contributed by atoms with van der Waals surface area (Å²) in [5.74, 6) is 1.24. The van der Waals surface area contributed by atoms with Gasteiger partial charge in [0, 0.05) is 19.5 Å². The molecule has 0 bridgehead atoms. The highest BCUT2D eigenvalue weighted by molar-refractivity contribution is 5.83. The summed E-state index contributed by atoms with van der Waals surface area (Å²) >= 11 is 0. The van der Waals surface area contributed by atoms with Gasteiger partial charge < -0.3 is 10.0 Å². The number of allylic oxidation sites excluding steroid dienone is 2. The Kier molecular flexibility index (Phi) is 16.0. The fourth-order valence-electron chi connectivity index (χ4n) is 3.67. The van der Waals surface area contributed by atoms with Crippen LogP contribution in [0.15, 0.2) is 29.5 Å². The minimum Gasteiger partial charge on any atom is -0.516 e. The number of rotatable bonds is 18. The lowest BCUT2D eigenvalue weighted by Gasteiger charge is -2.18. The normalized spacial score (nSPS) is 14.7. The fourth-order valence-corrected chi connectivity index (χ4v) is 3.67. The van der Waals surface area contributed by atoms with Crippen molar-refractivity contribution >= 4 is 5.84 Å². The summed E-state index contributed by atoms with van der Waals surface area (Å²) in [7, 11) is 0. The first kappa shape index (κ1) is 23.8. The molecule has 0 saturated heterocycles. The summed E-state index contributed by atoms with van der Waals surface area (Å²) in [4.78, 5) is 6.88. The zero-order valence-corrected chi connectivity index (χ0v) is 17.9. The zero-order valence-electron chi connectivity index (χ0n) is 17.9.